The second kappa shape index (κ2) is 3.96. The van der Waals surface area contributed by atoms with Crippen LogP contribution in [-0.2, 0) is 0 Å². The first kappa shape index (κ1) is 11.8. The van der Waals surface area contributed by atoms with Gasteiger partial charge in [-0.2, -0.15) is 0 Å². The van der Waals surface area contributed by atoms with Gasteiger partial charge in [0.1, 0.15) is 11.2 Å². The Morgan fingerprint density at radius 2 is 2.12 bits per heavy atom. The van der Waals surface area contributed by atoms with Crippen LogP contribution in [0.25, 0.3) is 0 Å². The number of nitrogens with one attached hydrogen (secondary N) is 1. The zero-order chi connectivity index (χ0) is 11.9. The number of aryl methyl sites for hydroxylation is 1. The average Bonchev–Trinajstić information content (AvgIpc) is 2.21. The van der Waals surface area contributed by atoms with Crippen LogP contribution in [0.15, 0.2) is 12.1 Å². The number of hydrogen-bond donors (Lipinski definition) is 1. The second-order valence-corrected chi connectivity index (χ2v) is 5.52. The number of benzene rings is 1. The minimum absolute atomic E-state index is 0.223. The molecule has 1 nitrogen and oxygen atoms in total. The molecule has 4 heteroatoms. The molecule has 1 aromatic rings. The van der Waals surface area contributed by atoms with Crippen LogP contribution in [0, 0.1) is 19.7 Å². The highest BCUT2D eigenvalue weighted by Crippen LogP contribution is 2.43. The summed E-state index contributed by atoms with van der Waals surface area (Å²) in [5.41, 5.74) is 2.20. The smallest absolute Gasteiger partial charge is 0.143 e. The summed E-state index contributed by atoms with van der Waals surface area (Å²) < 4.78 is 27.1. The van der Waals surface area contributed by atoms with E-state index in [1.807, 2.05) is 13.0 Å². The van der Waals surface area contributed by atoms with Crippen LogP contribution in [-0.4, -0.2) is 11.5 Å². The summed E-state index contributed by atoms with van der Waals surface area (Å²) in [6.45, 7) is 3.60. The fourth-order valence-electron chi connectivity index (χ4n) is 1.86. The lowest BCUT2D eigenvalue weighted by Gasteiger charge is -2.41. The maximum atomic E-state index is 13.6. The van der Waals surface area contributed by atoms with Crippen LogP contribution in [0.2, 0.25) is 0 Å². The van der Waals surface area contributed by atoms with E-state index < -0.39 is 5.41 Å². The van der Waals surface area contributed by atoms with Crippen molar-refractivity contribution in [3.05, 3.63) is 29.1 Å². The molecule has 1 saturated carbocycles. The molecule has 1 fully saturated rings. The van der Waals surface area contributed by atoms with Crippen molar-refractivity contribution in [3.63, 3.8) is 0 Å². The summed E-state index contributed by atoms with van der Waals surface area (Å²) in [6.07, 6.45) is 1.33. The number of halogens is 2. The van der Waals surface area contributed by atoms with Gasteiger partial charge >= 0.3 is 0 Å². The molecule has 16 heavy (non-hydrogen) atoms. The van der Waals surface area contributed by atoms with Crippen LogP contribution >= 0.6 is 9.24 Å². The molecule has 0 radical (unpaired) electrons. The standard InChI is InChI=1S/C12H16F2NP/c1-7-5-9(6-10(13)8(7)2)15-11-3-4-12(11,14)16/h5-6,11,15H,3-4,16H2,1-2H3. The summed E-state index contributed by atoms with van der Waals surface area (Å²) in [5, 5.41) is 1.80. The Morgan fingerprint density at radius 3 is 2.56 bits per heavy atom. The first-order valence-corrected chi connectivity index (χ1v) is 5.99. The number of anilines is 1. The highest BCUT2D eigenvalue weighted by molar-refractivity contribution is 7.18. The summed E-state index contributed by atoms with van der Waals surface area (Å²) in [4.78, 5) is 0. The van der Waals surface area contributed by atoms with Gasteiger partial charge in [0, 0.05) is 5.69 Å². The monoisotopic (exact) mass is 243 g/mol. The number of rotatable bonds is 2. The fourth-order valence-corrected chi connectivity index (χ4v) is 2.27. The molecule has 1 aliphatic carbocycles. The molecule has 1 N–H and O–H groups in total. The van der Waals surface area contributed by atoms with Crippen LogP contribution in [0.3, 0.4) is 0 Å². The van der Waals surface area contributed by atoms with Crippen LogP contribution in [0.1, 0.15) is 24.0 Å². The Morgan fingerprint density at radius 1 is 1.44 bits per heavy atom. The Kier molecular flexibility index (Phi) is 2.91. The molecular weight excluding hydrogens is 227 g/mol. The molecule has 0 spiro atoms. The number of hydrogen-bond acceptors (Lipinski definition) is 1. The normalized spacial score (nSPS) is 28.7. The van der Waals surface area contributed by atoms with Gasteiger partial charge in [0.15, 0.2) is 0 Å². The summed E-state index contributed by atoms with van der Waals surface area (Å²) in [5.74, 6) is -0.241. The SMILES string of the molecule is Cc1cc(NC2CCC2(F)P)cc(F)c1C. The van der Waals surface area contributed by atoms with Gasteiger partial charge in [-0.1, -0.05) is 9.24 Å². The largest absolute Gasteiger partial charge is 0.379 e. The molecule has 0 aromatic heterocycles. The molecule has 0 amide bonds. The molecule has 0 aliphatic heterocycles. The van der Waals surface area contributed by atoms with E-state index in [0.717, 1.165) is 12.0 Å². The topological polar surface area (TPSA) is 12.0 Å². The number of alkyl halides is 1. The molecule has 1 aromatic carbocycles. The average molecular weight is 243 g/mol. The lowest BCUT2D eigenvalue weighted by Crippen LogP contribution is -2.47. The van der Waals surface area contributed by atoms with Gasteiger partial charge in [-0.15, -0.1) is 0 Å². The second-order valence-electron chi connectivity index (χ2n) is 4.56. The molecule has 1 aliphatic rings. The van der Waals surface area contributed by atoms with E-state index in [1.54, 1.807) is 6.92 Å². The summed E-state index contributed by atoms with van der Waals surface area (Å²) in [6, 6.07) is 3.07. The zero-order valence-corrected chi connectivity index (χ0v) is 10.6. The third kappa shape index (κ3) is 2.06. The molecule has 0 bridgehead atoms. The summed E-state index contributed by atoms with van der Waals surface area (Å²) in [7, 11) is 2.22. The van der Waals surface area contributed by atoms with Crippen LogP contribution in [0.4, 0.5) is 14.5 Å². The first-order valence-electron chi connectivity index (χ1n) is 5.41. The van der Waals surface area contributed by atoms with Crippen LogP contribution in [0.5, 0.6) is 0 Å². The predicted molar refractivity (Wildman–Crippen MR) is 66.1 cm³/mol. The van der Waals surface area contributed by atoms with E-state index >= 15 is 0 Å². The van der Waals surface area contributed by atoms with Gasteiger partial charge < -0.3 is 5.32 Å². The van der Waals surface area contributed by atoms with E-state index in [1.165, 1.54) is 6.07 Å². The van der Waals surface area contributed by atoms with Gasteiger partial charge in [0.2, 0.25) is 0 Å². The van der Waals surface area contributed by atoms with E-state index in [4.69, 9.17) is 0 Å². The first-order chi connectivity index (χ1) is 7.40. The Balaban J connectivity index is 2.17. The zero-order valence-electron chi connectivity index (χ0n) is 9.48. The molecule has 3 atom stereocenters. The van der Waals surface area contributed by atoms with Crippen molar-refractivity contribution in [2.24, 2.45) is 0 Å². The van der Waals surface area contributed by atoms with Crippen molar-refractivity contribution in [2.45, 2.75) is 38.1 Å². The van der Waals surface area contributed by atoms with Crippen molar-refractivity contribution in [1.29, 1.82) is 0 Å². The van der Waals surface area contributed by atoms with Crippen molar-refractivity contribution in [1.82, 2.24) is 0 Å². The molecule has 0 saturated heterocycles. The molecule has 3 unspecified atom stereocenters. The lowest BCUT2D eigenvalue weighted by atomic mass is 9.89. The Hall–Kier alpha value is -0.690. The summed E-state index contributed by atoms with van der Waals surface area (Å²) >= 11 is 0. The van der Waals surface area contributed by atoms with Gasteiger partial charge in [-0.25, -0.2) is 8.78 Å². The maximum Gasteiger partial charge on any atom is 0.143 e. The highest BCUT2D eigenvalue weighted by Gasteiger charge is 2.43. The van der Waals surface area contributed by atoms with Crippen molar-refractivity contribution < 1.29 is 8.78 Å². The van der Waals surface area contributed by atoms with Crippen molar-refractivity contribution >= 4 is 14.9 Å². The van der Waals surface area contributed by atoms with E-state index in [2.05, 4.69) is 14.6 Å². The highest BCUT2D eigenvalue weighted by atomic mass is 31.0. The third-order valence-electron chi connectivity index (χ3n) is 3.34. The van der Waals surface area contributed by atoms with Gasteiger partial charge in [0.05, 0.1) is 6.04 Å². The third-order valence-corrected chi connectivity index (χ3v) is 4.03. The Labute approximate surface area is 96.8 Å². The van der Waals surface area contributed by atoms with Crippen LogP contribution < -0.4 is 5.32 Å². The minimum Gasteiger partial charge on any atom is -0.379 e. The van der Waals surface area contributed by atoms with Gasteiger partial charge in [-0.05, 0) is 49.9 Å². The van der Waals surface area contributed by atoms with E-state index in [-0.39, 0.29) is 11.9 Å². The quantitative estimate of drug-likeness (QED) is 0.783. The maximum absolute atomic E-state index is 13.6. The molecule has 2 rings (SSSR count). The predicted octanol–water partition coefficient (Wildman–Crippen LogP) is 3.56. The lowest BCUT2D eigenvalue weighted by molar-refractivity contribution is 0.146. The Bertz CT molecular complexity index is 394. The van der Waals surface area contributed by atoms with Gasteiger partial charge in [-0.3, -0.25) is 0 Å². The van der Waals surface area contributed by atoms with E-state index in [9.17, 15) is 8.78 Å². The van der Waals surface area contributed by atoms with Crippen molar-refractivity contribution in [2.75, 3.05) is 5.32 Å². The fraction of sp³-hybridized carbons (Fsp3) is 0.500. The molecular formula is C12H16F2NP. The van der Waals surface area contributed by atoms with Gasteiger partial charge in [0.25, 0.3) is 0 Å². The van der Waals surface area contributed by atoms with E-state index in [0.29, 0.717) is 17.7 Å². The van der Waals surface area contributed by atoms with Crippen molar-refractivity contribution in [3.8, 4) is 0 Å². The minimum atomic E-state index is -1.24. The molecule has 88 valence electrons. The molecule has 0 heterocycles.